The van der Waals surface area contributed by atoms with E-state index in [-0.39, 0.29) is 0 Å². The van der Waals surface area contributed by atoms with Crippen LogP contribution in [0.5, 0.6) is 0 Å². The number of hydrogen-bond donors (Lipinski definition) is 0. The Hall–Kier alpha value is -7.59. The van der Waals surface area contributed by atoms with Crippen molar-refractivity contribution in [2.45, 2.75) is 15.2 Å². The zero-order valence-corrected chi connectivity index (χ0v) is 34.4. The quantitative estimate of drug-likeness (QED) is 0.172. The minimum atomic E-state index is -0.466. The molecular weight excluding hydrogens is 771 g/mol. The van der Waals surface area contributed by atoms with Gasteiger partial charge in [0.15, 0.2) is 0 Å². The Balaban J connectivity index is 0.936. The van der Waals surface area contributed by atoms with Crippen molar-refractivity contribution >= 4 is 61.5 Å². The molecule has 0 saturated carbocycles. The van der Waals surface area contributed by atoms with Crippen LogP contribution in [0.25, 0.3) is 66.1 Å². The van der Waals surface area contributed by atoms with Crippen LogP contribution in [0.15, 0.2) is 239 Å². The molecule has 0 unspecified atom stereocenters. The van der Waals surface area contributed by atoms with E-state index in [4.69, 9.17) is 4.42 Å². The van der Waals surface area contributed by atoms with Gasteiger partial charge in [-0.05, 0) is 109 Å². The second-order valence-electron chi connectivity index (χ2n) is 16.3. The summed E-state index contributed by atoms with van der Waals surface area (Å²) >= 11 is 1.92. The summed E-state index contributed by atoms with van der Waals surface area (Å²) in [5.41, 5.74) is 17.4. The molecule has 0 saturated heterocycles. The number of furan rings is 1. The van der Waals surface area contributed by atoms with Crippen molar-refractivity contribution in [2.24, 2.45) is 0 Å². The Bertz CT molecular complexity index is 3500. The molecule has 0 N–H and O–H groups in total. The summed E-state index contributed by atoms with van der Waals surface area (Å²) < 4.78 is 6.42. The number of nitrogens with zero attached hydrogens (tertiary/aromatic N) is 1. The van der Waals surface area contributed by atoms with E-state index in [0.29, 0.717) is 0 Å². The van der Waals surface area contributed by atoms with Gasteiger partial charge in [0.25, 0.3) is 0 Å². The fourth-order valence-electron chi connectivity index (χ4n) is 10.5. The molecule has 1 aromatic heterocycles. The summed E-state index contributed by atoms with van der Waals surface area (Å²) in [4.78, 5) is 4.96. The Morgan fingerprint density at radius 1 is 0.371 bits per heavy atom. The third-order valence-electron chi connectivity index (χ3n) is 13.1. The number of fused-ring (bicyclic) bond motifs is 14. The summed E-state index contributed by atoms with van der Waals surface area (Å²) in [5.74, 6) is 0. The van der Waals surface area contributed by atoms with Crippen molar-refractivity contribution in [3.8, 4) is 33.4 Å². The minimum absolute atomic E-state index is 0.466. The van der Waals surface area contributed by atoms with Crippen LogP contribution in [-0.4, -0.2) is 0 Å². The lowest BCUT2D eigenvalue weighted by Crippen LogP contribution is -2.32. The molecule has 3 heteroatoms. The van der Waals surface area contributed by atoms with E-state index in [9.17, 15) is 0 Å². The van der Waals surface area contributed by atoms with Gasteiger partial charge < -0.3 is 9.32 Å². The molecular formula is C59H37NOS. The first-order valence-electron chi connectivity index (χ1n) is 21.2. The normalized spacial score (nSPS) is 13.2. The molecule has 11 aromatic rings. The highest BCUT2D eigenvalue weighted by atomic mass is 32.2. The second kappa shape index (κ2) is 13.7. The lowest BCUT2D eigenvalue weighted by atomic mass is 9.66. The highest BCUT2D eigenvalue weighted by Gasteiger charge is 2.51. The molecule has 290 valence electrons. The van der Waals surface area contributed by atoms with Gasteiger partial charge in [0.1, 0.15) is 11.2 Å². The van der Waals surface area contributed by atoms with Crippen molar-refractivity contribution < 1.29 is 4.42 Å². The molecule has 1 aliphatic carbocycles. The van der Waals surface area contributed by atoms with E-state index in [0.717, 1.165) is 50.1 Å². The van der Waals surface area contributed by atoms with E-state index >= 15 is 0 Å². The molecule has 0 fully saturated rings. The number of rotatable bonds is 5. The average Bonchev–Trinajstić information content (AvgIpc) is 3.86. The van der Waals surface area contributed by atoms with Crippen molar-refractivity contribution in [3.05, 3.63) is 247 Å². The monoisotopic (exact) mass is 807 g/mol. The minimum Gasteiger partial charge on any atom is -0.455 e. The van der Waals surface area contributed by atoms with Gasteiger partial charge in [-0.1, -0.05) is 188 Å². The lowest BCUT2D eigenvalue weighted by molar-refractivity contribution is 0.670. The Kier molecular flexibility index (Phi) is 7.79. The van der Waals surface area contributed by atoms with Crippen molar-refractivity contribution in [1.29, 1.82) is 0 Å². The van der Waals surface area contributed by atoms with Crippen LogP contribution in [-0.2, 0) is 5.41 Å². The SMILES string of the molecule is c1ccc(N(c2ccc(-c3cccc4c3Sc3ccc5ccccc5c3C43c4ccccc4-c4ccccc43)cc2)c2ccc(-c3cccc4c3oc3ccccc34)cc2)cc1. The van der Waals surface area contributed by atoms with Gasteiger partial charge in [0.05, 0.1) is 5.41 Å². The highest BCUT2D eigenvalue weighted by molar-refractivity contribution is 7.99. The van der Waals surface area contributed by atoms with Gasteiger partial charge in [0.2, 0.25) is 0 Å². The van der Waals surface area contributed by atoms with E-state index in [2.05, 4.69) is 217 Å². The Morgan fingerprint density at radius 2 is 0.903 bits per heavy atom. The van der Waals surface area contributed by atoms with Gasteiger partial charge in [0, 0.05) is 43.2 Å². The standard InChI is InChI=1S/C59H37NOS/c1-2-15-41(16-3-1)60(42-33-28-39(29-34-42)45-21-12-23-50-49-20-8-11-27-54(49)61-57(45)50)43-35-30-40(31-36-43)46-22-13-26-53-58(46)62-55-37-32-38-14-4-5-17-44(38)56(55)59(53)51-24-9-6-18-47(51)48-19-7-10-25-52(48)59/h1-37H. The fourth-order valence-corrected chi connectivity index (χ4v) is 11.9. The van der Waals surface area contributed by atoms with Crippen molar-refractivity contribution in [1.82, 2.24) is 0 Å². The van der Waals surface area contributed by atoms with Crippen molar-refractivity contribution in [3.63, 3.8) is 0 Å². The Labute approximate surface area is 364 Å². The van der Waals surface area contributed by atoms with Crippen LogP contribution < -0.4 is 4.90 Å². The average molecular weight is 808 g/mol. The van der Waals surface area contributed by atoms with Gasteiger partial charge >= 0.3 is 0 Å². The van der Waals surface area contributed by atoms with Crippen LogP contribution in [0.2, 0.25) is 0 Å². The molecule has 2 aliphatic rings. The third-order valence-corrected chi connectivity index (χ3v) is 14.3. The number of hydrogen-bond acceptors (Lipinski definition) is 3. The maximum atomic E-state index is 6.42. The summed E-state index contributed by atoms with van der Waals surface area (Å²) in [6.45, 7) is 0. The molecule has 1 aliphatic heterocycles. The smallest absolute Gasteiger partial charge is 0.143 e. The zero-order valence-electron chi connectivity index (χ0n) is 33.6. The van der Waals surface area contributed by atoms with Crippen LogP contribution >= 0.6 is 11.8 Å². The molecule has 0 radical (unpaired) electrons. The van der Waals surface area contributed by atoms with E-state index in [1.807, 2.05) is 23.9 Å². The zero-order chi connectivity index (χ0) is 40.8. The topological polar surface area (TPSA) is 16.4 Å². The van der Waals surface area contributed by atoms with Gasteiger partial charge in [-0.3, -0.25) is 0 Å². The maximum absolute atomic E-state index is 6.42. The molecule has 0 amide bonds. The first-order valence-corrected chi connectivity index (χ1v) is 22.1. The summed E-state index contributed by atoms with van der Waals surface area (Å²) in [5, 5.41) is 4.85. The predicted molar refractivity (Wildman–Crippen MR) is 258 cm³/mol. The lowest BCUT2D eigenvalue weighted by Gasteiger charge is -2.41. The fraction of sp³-hybridized carbons (Fsp3) is 0.0169. The van der Waals surface area contributed by atoms with E-state index in [1.54, 1.807) is 0 Å². The molecule has 0 bridgehead atoms. The largest absolute Gasteiger partial charge is 0.455 e. The molecule has 13 rings (SSSR count). The Morgan fingerprint density at radius 3 is 1.65 bits per heavy atom. The maximum Gasteiger partial charge on any atom is 0.143 e. The van der Waals surface area contributed by atoms with E-state index < -0.39 is 5.41 Å². The van der Waals surface area contributed by atoms with Gasteiger partial charge in [-0.2, -0.15) is 0 Å². The molecule has 2 heterocycles. The van der Waals surface area contributed by atoms with Crippen LogP contribution in [0.1, 0.15) is 22.3 Å². The summed E-state index contributed by atoms with van der Waals surface area (Å²) in [7, 11) is 0. The molecule has 10 aromatic carbocycles. The predicted octanol–water partition coefficient (Wildman–Crippen LogP) is 16.4. The van der Waals surface area contributed by atoms with Crippen LogP contribution in [0, 0.1) is 0 Å². The number of benzene rings is 10. The molecule has 0 atom stereocenters. The summed E-state index contributed by atoms with van der Waals surface area (Å²) in [6.07, 6.45) is 0. The number of anilines is 3. The van der Waals surface area contributed by atoms with Crippen molar-refractivity contribution in [2.75, 3.05) is 4.90 Å². The third kappa shape index (κ3) is 5.06. The van der Waals surface area contributed by atoms with Gasteiger partial charge in [-0.25, -0.2) is 0 Å². The molecule has 62 heavy (non-hydrogen) atoms. The number of para-hydroxylation sites is 3. The van der Waals surface area contributed by atoms with Gasteiger partial charge in [-0.15, -0.1) is 0 Å². The molecule has 1 spiro atoms. The highest BCUT2D eigenvalue weighted by Crippen LogP contribution is 2.64. The molecule has 2 nitrogen and oxygen atoms in total. The first-order chi connectivity index (χ1) is 30.8. The second-order valence-corrected chi connectivity index (χ2v) is 17.4. The summed E-state index contributed by atoms with van der Waals surface area (Å²) in [6, 6.07) is 82.1. The first kappa shape index (κ1) is 35.2. The van der Waals surface area contributed by atoms with Crippen LogP contribution in [0.3, 0.4) is 0 Å². The van der Waals surface area contributed by atoms with Crippen LogP contribution in [0.4, 0.5) is 17.1 Å². The van der Waals surface area contributed by atoms with E-state index in [1.165, 1.54) is 65.1 Å².